The van der Waals surface area contributed by atoms with Gasteiger partial charge in [-0.05, 0) is 61.9 Å². The van der Waals surface area contributed by atoms with Crippen molar-refractivity contribution in [2.75, 3.05) is 0 Å². The Morgan fingerprint density at radius 1 is 0.962 bits per heavy atom. The number of nitrogens with zero attached hydrogens (tertiary/aromatic N) is 1. The summed E-state index contributed by atoms with van der Waals surface area (Å²) in [5.74, 6) is 0.882. The second kappa shape index (κ2) is 6.87. The maximum absolute atomic E-state index is 2.38. The number of rotatable bonds is 3. The van der Waals surface area contributed by atoms with Gasteiger partial charge in [0.15, 0.2) is 0 Å². The van der Waals surface area contributed by atoms with Crippen LogP contribution in [-0.2, 0) is 13.5 Å². The van der Waals surface area contributed by atoms with Crippen molar-refractivity contribution in [2.45, 2.75) is 52.9 Å². The Morgan fingerprint density at radius 3 is 2.50 bits per heavy atom. The van der Waals surface area contributed by atoms with Gasteiger partial charge in [0.1, 0.15) is 7.05 Å². The molecule has 3 aromatic rings. The van der Waals surface area contributed by atoms with Crippen LogP contribution < -0.4 is 4.57 Å². The molecule has 26 heavy (non-hydrogen) atoms. The number of pyridine rings is 1. The third kappa shape index (κ3) is 3.05. The van der Waals surface area contributed by atoms with E-state index in [2.05, 4.69) is 74.9 Å². The highest BCUT2D eigenvalue weighted by Crippen LogP contribution is 2.31. The highest BCUT2D eigenvalue weighted by molar-refractivity contribution is 5.81. The molecule has 1 saturated carbocycles. The van der Waals surface area contributed by atoms with Gasteiger partial charge < -0.3 is 0 Å². The van der Waals surface area contributed by atoms with Crippen LogP contribution in [0.5, 0.6) is 0 Å². The number of aromatic nitrogens is 1. The summed E-state index contributed by atoms with van der Waals surface area (Å²) in [5.41, 5.74) is 9.61. The largest absolute Gasteiger partial charge is 0.213 e. The first kappa shape index (κ1) is 17.3. The van der Waals surface area contributed by atoms with Crippen LogP contribution in [0.25, 0.3) is 22.2 Å². The summed E-state index contributed by atoms with van der Waals surface area (Å²) in [7, 11) is 2.22. The molecule has 1 heterocycles. The molecule has 0 atom stereocenters. The molecule has 0 bridgehead atoms. The van der Waals surface area contributed by atoms with Crippen LogP contribution in [0, 0.1) is 26.7 Å². The van der Waals surface area contributed by atoms with Gasteiger partial charge in [-0.3, -0.25) is 0 Å². The molecule has 1 fully saturated rings. The summed E-state index contributed by atoms with van der Waals surface area (Å²) >= 11 is 0. The molecule has 0 N–H and O–H groups in total. The van der Waals surface area contributed by atoms with E-state index in [-0.39, 0.29) is 0 Å². The Morgan fingerprint density at radius 2 is 1.73 bits per heavy atom. The first-order valence-electron chi connectivity index (χ1n) is 10.0. The zero-order chi connectivity index (χ0) is 18.3. The summed E-state index contributed by atoms with van der Waals surface area (Å²) in [6.45, 7) is 6.65. The normalized spacial score (nSPS) is 15.1. The average molecular weight is 345 g/mol. The quantitative estimate of drug-likeness (QED) is 0.514. The fraction of sp³-hybridized carbons (Fsp3) is 0.400. The van der Waals surface area contributed by atoms with Crippen LogP contribution in [0.4, 0.5) is 0 Å². The smallest absolute Gasteiger partial charge is 0.194 e. The van der Waals surface area contributed by atoms with E-state index >= 15 is 0 Å². The zero-order valence-corrected chi connectivity index (χ0v) is 16.6. The van der Waals surface area contributed by atoms with Crippen molar-refractivity contribution in [3.05, 3.63) is 64.7 Å². The number of hydrogen-bond acceptors (Lipinski definition) is 0. The van der Waals surface area contributed by atoms with Crippen molar-refractivity contribution in [1.82, 2.24) is 0 Å². The molecule has 2 aromatic carbocycles. The van der Waals surface area contributed by atoms with Gasteiger partial charge in [-0.25, -0.2) is 0 Å². The van der Waals surface area contributed by atoms with Crippen molar-refractivity contribution in [3.63, 3.8) is 0 Å². The van der Waals surface area contributed by atoms with Crippen molar-refractivity contribution in [1.29, 1.82) is 0 Å². The van der Waals surface area contributed by atoms with Crippen LogP contribution in [0.1, 0.15) is 47.9 Å². The summed E-state index contributed by atoms with van der Waals surface area (Å²) in [6, 6.07) is 16.1. The third-order valence-corrected chi connectivity index (χ3v) is 6.37. The van der Waals surface area contributed by atoms with Crippen LogP contribution in [0.2, 0.25) is 0 Å². The molecule has 1 nitrogen and oxygen atoms in total. The van der Waals surface area contributed by atoms with E-state index in [4.69, 9.17) is 0 Å². The lowest BCUT2D eigenvalue weighted by Crippen LogP contribution is -2.32. The number of benzene rings is 2. The van der Waals surface area contributed by atoms with E-state index in [0.29, 0.717) is 0 Å². The maximum atomic E-state index is 2.38. The van der Waals surface area contributed by atoms with E-state index in [1.54, 1.807) is 0 Å². The summed E-state index contributed by atoms with van der Waals surface area (Å²) in [6.07, 6.45) is 6.88. The van der Waals surface area contributed by atoms with Crippen molar-refractivity contribution in [2.24, 2.45) is 13.0 Å². The second-order valence-corrected chi connectivity index (χ2v) is 8.24. The van der Waals surface area contributed by atoms with Crippen LogP contribution in [0.3, 0.4) is 0 Å². The molecule has 1 heteroatoms. The van der Waals surface area contributed by atoms with E-state index in [1.165, 1.54) is 76.5 Å². The summed E-state index contributed by atoms with van der Waals surface area (Å²) in [4.78, 5) is 0. The SMILES string of the molecule is Cc1cc(C)c(C)c(-c2ccc3c(CC4CCCC4)cccc3[n+]2C)c1. The minimum absolute atomic E-state index is 0.882. The van der Waals surface area contributed by atoms with Gasteiger partial charge in [0, 0.05) is 23.1 Å². The third-order valence-electron chi connectivity index (χ3n) is 6.37. The lowest BCUT2D eigenvalue weighted by molar-refractivity contribution is -0.633. The van der Waals surface area contributed by atoms with Gasteiger partial charge in [0.2, 0.25) is 11.2 Å². The van der Waals surface area contributed by atoms with Gasteiger partial charge >= 0.3 is 0 Å². The lowest BCUT2D eigenvalue weighted by atomic mass is 9.93. The Hall–Kier alpha value is -2.15. The van der Waals surface area contributed by atoms with E-state index in [9.17, 15) is 0 Å². The molecule has 1 aromatic heterocycles. The highest BCUT2D eigenvalue weighted by atomic mass is 14.9. The highest BCUT2D eigenvalue weighted by Gasteiger charge is 2.21. The average Bonchev–Trinajstić information content (AvgIpc) is 3.12. The van der Waals surface area contributed by atoms with Crippen molar-refractivity contribution >= 4 is 10.9 Å². The maximum Gasteiger partial charge on any atom is 0.213 e. The molecule has 0 amide bonds. The predicted octanol–water partition coefficient (Wildman–Crippen LogP) is 5.99. The van der Waals surface area contributed by atoms with Crippen LogP contribution >= 0.6 is 0 Å². The number of hydrogen-bond donors (Lipinski definition) is 0. The Labute approximate surface area is 157 Å². The van der Waals surface area contributed by atoms with Gasteiger partial charge in [0.25, 0.3) is 0 Å². The van der Waals surface area contributed by atoms with Gasteiger partial charge in [0.05, 0.1) is 0 Å². The molecule has 0 aliphatic heterocycles. The lowest BCUT2D eigenvalue weighted by Gasteiger charge is -2.13. The molecule has 0 unspecified atom stereocenters. The standard InChI is InChI=1S/C25H30N/c1-17-14-18(2)19(3)23(15-17)25-13-12-22-21(16-20-8-5-6-9-20)10-7-11-24(22)26(25)4/h7,10-15,20H,5-6,8-9,16H2,1-4H3/q+1. The Balaban J connectivity index is 1.83. The first-order chi connectivity index (χ1) is 12.5. The topological polar surface area (TPSA) is 3.88 Å². The van der Waals surface area contributed by atoms with Crippen LogP contribution in [0.15, 0.2) is 42.5 Å². The minimum atomic E-state index is 0.882. The number of fused-ring (bicyclic) bond motifs is 1. The second-order valence-electron chi connectivity index (χ2n) is 8.24. The predicted molar refractivity (Wildman–Crippen MR) is 110 cm³/mol. The van der Waals surface area contributed by atoms with Gasteiger partial charge in [-0.15, -0.1) is 0 Å². The summed E-state index contributed by atoms with van der Waals surface area (Å²) < 4.78 is 2.38. The van der Waals surface area contributed by atoms with Gasteiger partial charge in [-0.1, -0.05) is 49.4 Å². The molecule has 0 spiro atoms. The van der Waals surface area contributed by atoms with E-state index in [1.807, 2.05) is 0 Å². The molecule has 134 valence electrons. The molecule has 1 aliphatic rings. The first-order valence-corrected chi connectivity index (χ1v) is 10.0. The molecule has 1 aliphatic carbocycles. The monoisotopic (exact) mass is 344 g/mol. The van der Waals surface area contributed by atoms with Crippen molar-refractivity contribution < 1.29 is 4.57 Å². The fourth-order valence-electron chi connectivity index (χ4n) is 4.77. The van der Waals surface area contributed by atoms with E-state index < -0.39 is 0 Å². The molecular formula is C25H30N+. The number of aryl methyl sites for hydroxylation is 3. The molecule has 4 rings (SSSR count). The fourth-order valence-corrected chi connectivity index (χ4v) is 4.77. The molecule has 0 radical (unpaired) electrons. The Kier molecular flexibility index (Phi) is 4.56. The Bertz CT molecular complexity index is 962. The summed E-state index contributed by atoms with van der Waals surface area (Å²) in [5, 5.41) is 1.42. The zero-order valence-electron chi connectivity index (χ0n) is 16.6. The minimum Gasteiger partial charge on any atom is -0.194 e. The molecular weight excluding hydrogens is 314 g/mol. The molecule has 0 saturated heterocycles. The van der Waals surface area contributed by atoms with E-state index in [0.717, 1.165) is 5.92 Å². The van der Waals surface area contributed by atoms with Gasteiger partial charge in [-0.2, -0.15) is 4.57 Å². The van der Waals surface area contributed by atoms with Crippen LogP contribution in [-0.4, -0.2) is 0 Å². The van der Waals surface area contributed by atoms with Crippen molar-refractivity contribution in [3.8, 4) is 11.3 Å².